The van der Waals surface area contributed by atoms with E-state index in [1.807, 2.05) is 25.1 Å². The third kappa shape index (κ3) is 4.75. The molecular formula is C31H39FN6O2. The van der Waals surface area contributed by atoms with Gasteiger partial charge in [-0.2, -0.15) is 0 Å². The van der Waals surface area contributed by atoms with Gasteiger partial charge in [-0.25, -0.2) is 4.39 Å². The van der Waals surface area contributed by atoms with Crippen molar-refractivity contribution >= 4 is 23.9 Å². The Hall–Kier alpha value is -4.11. The second-order valence-corrected chi connectivity index (χ2v) is 11.3. The van der Waals surface area contributed by atoms with Crippen molar-refractivity contribution in [1.29, 1.82) is 0 Å². The van der Waals surface area contributed by atoms with Gasteiger partial charge < -0.3 is 10.6 Å². The maximum Gasteiger partial charge on any atom is 0.250 e. The van der Waals surface area contributed by atoms with Crippen molar-refractivity contribution in [3.05, 3.63) is 94.6 Å². The van der Waals surface area contributed by atoms with Gasteiger partial charge in [-0.1, -0.05) is 36.4 Å². The summed E-state index contributed by atoms with van der Waals surface area (Å²) in [6.07, 6.45) is 7.60. The molecule has 0 bridgehead atoms. The van der Waals surface area contributed by atoms with Crippen LogP contribution in [0.1, 0.15) is 47.3 Å². The van der Waals surface area contributed by atoms with Gasteiger partial charge in [-0.05, 0) is 62.1 Å². The lowest BCUT2D eigenvalue weighted by atomic mass is 9.87. The summed E-state index contributed by atoms with van der Waals surface area (Å²) in [4.78, 5) is 37.7. The summed E-state index contributed by atoms with van der Waals surface area (Å²) in [6.45, 7) is 4.69. The molecule has 3 atom stereocenters. The van der Waals surface area contributed by atoms with E-state index < -0.39 is 11.4 Å². The van der Waals surface area contributed by atoms with Crippen molar-refractivity contribution in [3.63, 3.8) is 0 Å². The Bertz CT molecular complexity index is 1510. The number of amides is 2. The minimum absolute atomic E-state index is 0. The number of carbonyl (C=O) groups excluding carboxylic acids is 2. The molecule has 0 saturated heterocycles. The number of amidine groups is 1. The van der Waals surface area contributed by atoms with Crippen LogP contribution in [0.4, 0.5) is 4.39 Å². The molecule has 0 aromatic heterocycles. The largest absolute Gasteiger partial charge is 0.360 e. The summed E-state index contributed by atoms with van der Waals surface area (Å²) in [7, 11) is 0. The normalized spacial score (nSPS) is 26.9. The van der Waals surface area contributed by atoms with Gasteiger partial charge in [0, 0.05) is 33.3 Å². The molecule has 40 heavy (non-hydrogen) atoms. The summed E-state index contributed by atoms with van der Waals surface area (Å²) in [5, 5.41) is 9.81. The molecule has 0 saturated carbocycles. The maximum absolute atomic E-state index is 14.9. The van der Waals surface area contributed by atoms with Crippen LogP contribution in [0.3, 0.4) is 0 Å². The summed E-state index contributed by atoms with van der Waals surface area (Å²) >= 11 is 0. The average Bonchev–Trinajstić information content (AvgIpc) is 3.51. The van der Waals surface area contributed by atoms with Crippen LogP contribution in [0.2, 0.25) is 0 Å². The zero-order chi connectivity index (χ0) is 27.9. The summed E-state index contributed by atoms with van der Waals surface area (Å²) < 4.78 is 14.9. The number of fused-ring (bicyclic) bond motifs is 2. The number of hydrogen-bond acceptors (Lipinski definition) is 6. The molecule has 8 nitrogen and oxygen atoms in total. The molecule has 0 radical (unpaired) electrons. The number of halogens is 1. The highest BCUT2D eigenvalue weighted by atomic mass is 19.1. The van der Waals surface area contributed by atoms with Gasteiger partial charge in [0.05, 0.1) is 25.2 Å². The van der Waals surface area contributed by atoms with Gasteiger partial charge in [-0.15, -0.1) is 0 Å². The van der Waals surface area contributed by atoms with Gasteiger partial charge in [-0.3, -0.25) is 29.8 Å². The van der Waals surface area contributed by atoms with Crippen LogP contribution in [0.25, 0.3) is 0 Å². The van der Waals surface area contributed by atoms with E-state index >= 15 is 0 Å². The Morgan fingerprint density at radius 3 is 2.80 bits per heavy atom. The molecule has 2 unspecified atom stereocenters. The van der Waals surface area contributed by atoms with Crippen LogP contribution in [0, 0.1) is 11.2 Å². The van der Waals surface area contributed by atoms with Crippen molar-refractivity contribution in [3.8, 4) is 0 Å². The first-order valence-corrected chi connectivity index (χ1v) is 13.7. The molecule has 2 amide bonds. The fraction of sp³-hybridized carbons (Fsp3) is 0.355. The topological polar surface area (TPSA) is 98.2 Å². The van der Waals surface area contributed by atoms with Crippen LogP contribution < -0.4 is 16.0 Å². The monoisotopic (exact) mass is 546 g/mol. The third-order valence-corrected chi connectivity index (χ3v) is 8.21. The number of dihydropyridines is 1. The van der Waals surface area contributed by atoms with E-state index in [4.69, 9.17) is 0 Å². The summed E-state index contributed by atoms with van der Waals surface area (Å²) in [6, 6.07) is 14.4. The zero-order valence-electron chi connectivity index (χ0n) is 22.7. The third-order valence-electron chi connectivity index (χ3n) is 8.21. The average molecular weight is 547 g/mol. The second-order valence-electron chi connectivity index (χ2n) is 11.3. The van der Waals surface area contributed by atoms with Gasteiger partial charge in [0.2, 0.25) is 5.91 Å². The van der Waals surface area contributed by atoms with E-state index in [9.17, 15) is 14.0 Å². The molecular weight excluding hydrogens is 507 g/mol. The van der Waals surface area contributed by atoms with Crippen molar-refractivity contribution in [2.24, 2.45) is 15.4 Å². The van der Waals surface area contributed by atoms with Crippen LogP contribution in [-0.2, 0) is 16.0 Å². The van der Waals surface area contributed by atoms with Gasteiger partial charge in [0.25, 0.3) is 5.91 Å². The lowest BCUT2D eigenvalue weighted by Crippen LogP contribution is -2.64. The SMILES string of the molecule is CC12C=C(CNC(=O)CN3C(=O)C(C)(N[C@H]4CCc5ccccc54)CN=C3c3ccccc3F)NC1=CC=NC2.[HH].[HH].[HH]. The lowest BCUT2D eigenvalue weighted by Gasteiger charge is -2.40. The molecule has 3 aliphatic heterocycles. The highest BCUT2D eigenvalue weighted by Crippen LogP contribution is 2.36. The minimum atomic E-state index is -1.05. The number of rotatable bonds is 7. The number of aliphatic imine (C=N–C) groups is 2. The predicted octanol–water partition coefficient (Wildman–Crippen LogP) is 3.77. The van der Waals surface area contributed by atoms with E-state index in [-0.39, 0.29) is 58.6 Å². The molecule has 0 fully saturated rings. The van der Waals surface area contributed by atoms with E-state index in [0.717, 1.165) is 24.2 Å². The van der Waals surface area contributed by atoms with Crippen molar-refractivity contribution < 1.29 is 18.3 Å². The molecule has 2 aromatic rings. The molecule has 9 heteroatoms. The second kappa shape index (κ2) is 10.1. The number of allylic oxidation sites excluding steroid dienone is 1. The van der Waals surface area contributed by atoms with Crippen molar-refractivity contribution in [2.45, 2.75) is 38.3 Å². The number of benzene rings is 2. The Kier molecular flexibility index (Phi) is 6.62. The maximum atomic E-state index is 14.9. The fourth-order valence-corrected chi connectivity index (χ4v) is 6.03. The molecule has 0 spiro atoms. The Balaban J connectivity index is 0.00000169. The van der Waals surface area contributed by atoms with Gasteiger partial charge in [0.15, 0.2) is 0 Å². The molecule has 212 valence electrons. The number of hydrogen-bond donors (Lipinski definition) is 3. The van der Waals surface area contributed by atoms with E-state index in [2.05, 4.69) is 51.1 Å². The van der Waals surface area contributed by atoms with Crippen LogP contribution >= 0.6 is 0 Å². The van der Waals surface area contributed by atoms with Gasteiger partial charge >= 0.3 is 0 Å². The quantitative estimate of drug-likeness (QED) is 0.493. The first-order valence-electron chi connectivity index (χ1n) is 13.7. The Morgan fingerprint density at radius 1 is 1.18 bits per heavy atom. The van der Waals surface area contributed by atoms with Crippen LogP contribution in [-0.4, -0.2) is 60.5 Å². The molecule has 4 aliphatic rings. The van der Waals surface area contributed by atoms with Crippen molar-refractivity contribution in [1.82, 2.24) is 20.9 Å². The molecule has 1 aliphatic carbocycles. The minimum Gasteiger partial charge on any atom is -0.360 e. The van der Waals surface area contributed by atoms with E-state index in [0.29, 0.717) is 6.54 Å². The smallest absolute Gasteiger partial charge is 0.250 e. The number of nitrogens with zero attached hydrogens (tertiary/aromatic N) is 3. The standard InChI is InChI=1S/C31H33FN6O2.3H2/c1-30-15-21(36-26(30)13-14-33-18-30)16-34-27(39)17-38-28(23-9-5-6-10-24(23)32)35-19-31(2,29(38)40)37-25-12-11-20-7-3-4-8-22(20)25;;;/h3-10,13-15,25,36-37H,11-12,16-19H2,1-2H3,(H,34,39);3*1H/t25-,30?,31?;;;/m0.../s1. The number of aryl methyl sites for hydroxylation is 1. The van der Waals surface area contributed by atoms with E-state index in [1.165, 1.54) is 22.1 Å². The highest BCUT2D eigenvalue weighted by molar-refractivity contribution is 6.13. The van der Waals surface area contributed by atoms with Gasteiger partial charge in [0.1, 0.15) is 23.7 Å². The molecule has 3 heterocycles. The Labute approximate surface area is 237 Å². The molecule has 3 N–H and O–H groups in total. The van der Waals surface area contributed by atoms with Crippen LogP contribution in [0.5, 0.6) is 0 Å². The fourth-order valence-electron chi connectivity index (χ4n) is 6.03. The van der Waals surface area contributed by atoms with Crippen LogP contribution in [0.15, 0.2) is 82.1 Å². The zero-order valence-corrected chi connectivity index (χ0v) is 22.7. The predicted molar refractivity (Wildman–Crippen MR) is 159 cm³/mol. The first kappa shape index (κ1) is 26.1. The van der Waals surface area contributed by atoms with Crippen molar-refractivity contribution in [2.75, 3.05) is 26.2 Å². The highest BCUT2D eigenvalue weighted by Gasteiger charge is 2.45. The lowest BCUT2D eigenvalue weighted by molar-refractivity contribution is -0.137. The Morgan fingerprint density at radius 2 is 1.98 bits per heavy atom. The summed E-state index contributed by atoms with van der Waals surface area (Å²) in [5.74, 6) is -0.990. The first-order chi connectivity index (χ1) is 19.3. The number of carbonyl (C=O) groups is 2. The molecule has 2 aromatic carbocycles. The molecule has 6 rings (SSSR count). The number of nitrogens with one attached hydrogen (secondary N) is 3. The summed E-state index contributed by atoms with van der Waals surface area (Å²) in [5.41, 5.74) is 3.29. The van der Waals surface area contributed by atoms with E-state index in [1.54, 1.807) is 24.4 Å².